The number of hydrogen-bond acceptors (Lipinski definition) is 3. The molecule has 1 amide bonds. The number of nitrogens with zero attached hydrogens (tertiary/aromatic N) is 2. The van der Waals surface area contributed by atoms with Gasteiger partial charge in [0.25, 0.3) is 0 Å². The molecule has 2 aromatic carbocycles. The lowest BCUT2D eigenvalue weighted by Gasteiger charge is -2.37. The van der Waals surface area contributed by atoms with Crippen LogP contribution in [0.5, 0.6) is 0 Å². The van der Waals surface area contributed by atoms with Crippen LogP contribution in [-0.2, 0) is 17.8 Å². The summed E-state index contributed by atoms with van der Waals surface area (Å²) in [5.41, 5.74) is 2.55. The van der Waals surface area contributed by atoms with Crippen LogP contribution >= 0.6 is 0 Å². The number of rotatable bonds is 7. The van der Waals surface area contributed by atoms with Crippen molar-refractivity contribution in [3.05, 3.63) is 101 Å². The van der Waals surface area contributed by atoms with Gasteiger partial charge in [-0.15, -0.1) is 0 Å². The molecule has 1 aliphatic rings. The number of carbonyl (C=O) groups excluding carboxylic acids is 1. The third-order valence-electron chi connectivity index (χ3n) is 5.93. The summed E-state index contributed by atoms with van der Waals surface area (Å²) >= 11 is 0. The molecule has 2 atom stereocenters. The summed E-state index contributed by atoms with van der Waals surface area (Å²) in [6.45, 7) is 2.16. The van der Waals surface area contributed by atoms with E-state index in [4.69, 9.17) is 0 Å². The van der Waals surface area contributed by atoms with Gasteiger partial charge in [-0.1, -0.05) is 42.5 Å². The number of amides is 1. The number of nitrogens with one attached hydrogen (secondary N) is 1. The Labute approximate surface area is 187 Å². The Morgan fingerprint density at radius 3 is 2.59 bits per heavy atom. The molecule has 0 bridgehead atoms. The molecule has 166 valence electrons. The van der Waals surface area contributed by atoms with E-state index < -0.39 is 11.6 Å². The maximum Gasteiger partial charge on any atom is 0.224 e. The minimum atomic E-state index is -0.832. The summed E-state index contributed by atoms with van der Waals surface area (Å²) in [6, 6.07) is 19.3. The number of carbonyl (C=O) groups is 1. The standard InChI is InChI=1S/C26H27F2N3O/c27-22-12-11-20(15-23(22)28)17-31-14-6-9-21(18-31)26(24-10-4-5-13-29-24)30-25(32)16-19-7-2-1-3-8-19/h1-5,7-8,10-13,15,21,26H,6,9,14,16-18H2,(H,30,32)/t21-,26-/m0/s1. The van der Waals surface area contributed by atoms with Crippen molar-refractivity contribution in [2.45, 2.75) is 31.8 Å². The summed E-state index contributed by atoms with van der Waals surface area (Å²) in [5.74, 6) is -1.52. The molecule has 1 aliphatic heterocycles. The van der Waals surface area contributed by atoms with Gasteiger partial charge >= 0.3 is 0 Å². The summed E-state index contributed by atoms with van der Waals surface area (Å²) in [7, 11) is 0. The van der Waals surface area contributed by atoms with E-state index in [0.717, 1.165) is 42.8 Å². The van der Waals surface area contributed by atoms with Gasteiger partial charge in [-0.3, -0.25) is 14.7 Å². The first-order valence-corrected chi connectivity index (χ1v) is 11.0. The Balaban J connectivity index is 1.47. The highest BCUT2D eigenvalue weighted by Crippen LogP contribution is 2.30. The summed E-state index contributed by atoms with van der Waals surface area (Å²) in [4.78, 5) is 19.6. The zero-order valence-corrected chi connectivity index (χ0v) is 17.9. The molecule has 0 spiro atoms. The molecule has 0 saturated carbocycles. The average molecular weight is 436 g/mol. The SMILES string of the molecule is O=C(Cc1ccccc1)N[C@H](c1ccccn1)[C@H]1CCCN(Cc2ccc(F)c(F)c2)C1. The quantitative estimate of drug-likeness (QED) is 0.587. The summed E-state index contributed by atoms with van der Waals surface area (Å²) in [6.07, 6.45) is 3.98. The van der Waals surface area contributed by atoms with E-state index in [1.165, 1.54) is 12.1 Å². The van der Waals surface area contributed by atoms with Crippen LogP contribution < -0.4 is 5.32 Å². The molecule has 0 unspecified atom stereocenters. The Bertz CT molecular complexity index is 1030. The van der Waals surface area contributed by atoms with Gasteiger partial charge < -0.3 is 5.32 Å². The second-order valence-corrected chi connectivity index (χ2v) is 8.35. The molecule has 3 aromatic rings. The Kier molecular flexibility index (Phi) is 7.22. The summed E-state index contributed by atoms with van der Waals surface area (Å²) in [5, 5.41) is 3.21. The maximum atomic E-state index is 13.6. The normalized spacial score (nSPS) is 17.6. The molecule has 1 saturated heterocycles. The Hall–Kier alpha value is -3.12. The van der Waals surface area contributed by atoms with Crippen LogP contribution in [0.1, 0.15) is 35.7 Å². The summed E-state index contributed by atoms with van der Waals surface area (Å²) < 4.78 is 26.9. The van der Waals surface area contributed by atoms with Crippen molar-refractivity contribution in [2.75, 3.05) is 13.1 Å². The van der Waals surface area contributed by atoms with Crippen molar-refractivity contribution < 1.29 is 13.6 Å². The monoisotopic (exact) mass is 435 g/mol. The molecule has 0 radical (unpaired) electrons. The van der Waals surface area contributed by atoms with Gasteiger partial charge in [0.05, 0.1) is 18.2 Å². The van der Waals surface area contributed by atoms with Crippen molar-refractivity contribution in [3.8, 4) is 0 Å². The molecular formula is C26H27F2N3O. The molecule has 4 rings (SSSR count). The predicted octanol–water partition coefficient (Wildman–Crippen LogP) is 4.67. The molecule has 0 aliphatic carbocycles. The topological polar surface area (TPSA) is 45.2 Å². The van der Waals surface area contributed by atoms with E-state index >= 15 is 0 Å². The number of piperidine rings is 1. The van der Waals surface area contributed by atoms with Crippen LogP contribution in [-0.4, -0.2) is 28.9 Å². The lowest BCUT2D eigenvalue weighted by molar-refractivity contribution is -0.121. The van der Waals surface area contributed by atoms with Gasteiger partial charge in [0, 0.05) is 19.3 Å². The number of likely N-dealkylation sites (tertiary alicyclic amines) is 1. The fourth-order valence-electron chi connectivity index (χ4n) is 4.40. The van der Waals surface area contributed by atoms with Crippen molar-refractivity contribution >= 4 is 5.91 Å². The fraction of sp³-hybridized carbons (Fsp3) is 0.308. The van der Waals surface area contributed by atoms with E-state index in [9.17, 15) is 13.6 Å². The second-order valence-electron chi connectivity index (χ2n) is 8.35. The lowest BCUT2D eigenvalue weighted by atomic mass is 9.88. The fourth-order valence-corrected chi connectivity index (χ4v) is 4.40. The van der Waals surface area contributed by atoms with Crippen molar-refractivity contribution in [1.82, 2.24) is 15.2 Å². The molecule has 6 heteroatoms. The van der Waals surface area contributed by atoms with E-state index in [0.29, 0.717) is 13.0 Å². The van der Waals surface area contributed by atoms with Gasteiger partial charge in [0.2, 0.25) is 5.91 Å². The highest BCUT2D eigenvalue weighted by Gasteiger charge is 2.30. The van der Waals surface area contributed by atoms with Crippen LogP contribution in [0, 0.1) is 17.6 Å². The largest absolute Gasteiger partial charge is 0.347 e. The first-order valence-electron chi connectivity index (χ1n) is 11.0. The van der Waals surface area contributed by atoms with Gasteiger partial charge in [0.1, 0.15) is 0 Å². The molecule has 1 N–H and O–H groups in total. The van der Waals surface area contributed by atoms with Crippen molar-refractivity contribution in [1.29, 1.82) is 0 Å². The minimum absolute atomic E-state index is 0.0374. The van der Waals surface area contributed by atoms with E-state index in [-0.39, 0.29) is 17.9 Å². The molecule has 4 nitrogen and oxygen atoms in total. The van der Waals surface area contributed by atoms with Crippen molar-refractivity contribution in [2.24, 2.45) is 5.92 Å². The van der Waals surface area contributed by atoms with Crippen LogP contribution in [0.2, 0.25) is 0 Å². The first-order chi connectivity index (χ1) is 15.6. The number of aromatic nitrogens is 1. The van der Waals surface area contributed by atoms with E-state index in [1.54, 1.807) is 12.3 Å². The second kappa shape index (κ2) is 10.5. The smallest absolute Gasteiger partial charge is 0.224 e. The highest BCUT2D eigenvalue weighted by atomic mass is 19.2. The average Bonchev–Trinajstić information content (AvgIpc) is 2.81. The highest BCUT2D eigenvalue weighted by molar-refractivity contribution is 5.79. The number of hydrogen-bond donors (Lipinski definition) is 1. The Morgan fingerprint density at radius 2 is 1.84 bits per heavy atom. The first kappa shape index (κ1) is 22.1. The van der Waals surface area contributed by atoms with E-state index in [1.807, 2.05) is 48.5 Å². The lowest BCUT2D eigenvalue weighted by Crippen LogP contribution is -2.43. The maximum absolute atomic E-state index is 13.6. The van der Waals surface area contributed by atoms with Crippen molar-refractivity contribution in [3.63, 3.8) is 0 Å². The zero-order valence-electron chi connectivity index (χ0n) is 17.9. The van der Waals surface area contributed by atoms with Crippen LogP contribution in [0.3, 0.4) is 0 Å². The predicted molar refractivity (Wildman–Crippen MR) is 120 cm³/mol. The molecule has 2 heterocycles. The van der Waals surface area contributed by atoms with Gasteiger partial charge in [-0.2, -0.15) is 0 Å². The van der Waals surface area contributed by atoms with Gasteiger partial charge in [0.15, 0.2) is 11.6 Å². The van der Waals surface area contributed by atoms with Crippen LogP contribution in [0.15, 0.2) is 72.9 Å². The van der Waals surface area contributed by atoms with Crippen LogP contribution in [0.4, 0.5) is 8.78 Å². The number of pyridine rings is 1. The van der Waals surface area contributed by atoms with Gasteiger partial charge in [-0.05, 0) is 60.7 Å². The third kappa shape index (κ3) is 5.77. The molecule has 1 fully saturated rings. The molecule has 1 aromatic heterocycles. The third-order valence-corrected chi connectivity index (χ3v) is 5.93. The number of halogens is 2. The van der Waals surface area contributed by atoms with Crippen LogP contribution in [0.25, 0.3) is 0 Å². The van der Waals surface area contributed by atoms with Gasteiger partial charge in [-0.25, -0.2) is 8.78 Å². The number of benzene rings is 2. The van der Waals surface area contributed by atoms with E-state index in [2.05, 4.69) is 15.2 Å². The molecule has 32 heavy (non-hydrogen) atoms. The Morgan fingerprint density at radius 1 is 1.03 bits per heavy atom. The minimum Gasteiger partial charge on any atom is -0.347 e. The zero-order chi connectivity index (χ0) is 22.3. The molecular weight excluding hydrogens is 408 g/mol.